The van der Waals surface area contributed by atoms with Crippen molar-refractivity contribution in [1.29, 1.82) is 0 Å². The van der Waals surface area contributed by atoms with E-state index in [9.17, 15) is 38.4 Å². The molecule has 0 atom stereocenters. The van der Waals surface area contributed by atoms with Crippen LogP contribution in [0.2, 0.25) is 0 Å². The highest BCUT2D eigenvalue weighted by molar-refractivity contribution is 6.09. The van der Waals surface area contributed by atoms with Crippen molar-refractivity contribution in [1.82, 2.24) is 88.9 Å². The van der Waals surface area contributed by atoms with Gasteiger partial charge in [0.1, 0.15) is 52.8 Å². The van der Waals surface area contributed by atoms with Crippen molar-refractivity contribution < 1.29 is 43.1 Å². The lowest BCUT2D eigenvalue weighted by molar-refractivity contribution is 0.101. The molecule has 39 nitrogen and oxygen atoms in total. The Bertz CT molecular complexity index is 6910. The number of ether oxygens (including phenoxy) is 1. The number of anilines is 12. The van der Waals surface area contributed by atoms with E-state index in [2.05, 4.69) is 118 Å². The van der Waals surface area contributed by atoms with Crippen molar-refractivity contribution in [2.45, 2.75) is 76.2 Å². The molecule has 0 saturated heterocycles. The first kappa shape index (κ1) is 101. The van der Waals surface area contributed by atoms with E-state index in [-0.39, 0.29) is 88.8 Å². The smallest absolute Gasteiger partial charge is 0.258 e. The third-order valence-electron chi connectivity index (χ3n) is 18.9. The largest absolute Gasteiger partial charge is 0.497 e. The molecule has 8 amide bonds. The highest BCUT2D eigenvalue weighted by atomic mass is 16.5. The van der Waals surface area contributed by atoms with Crippen LogP contribution in [0, 0.1) is 62.3 Å². The fraction of sp³-hybridized carbons (Fsp3) is 0.119. The number of nitrogens with one attached hydrogen (secondary N) is 8. The van der Waals surface area contributed by atoms with Gasteiger partial charge in [-0.1, -0.05) is 146 Å². The molecule has 0 radical (unpaired) electrons. The van der Waals surface area contributed by atoms with Crippen molar-refractivity contribution in [2.75, 3.05) is 72.6 Å². The number of hydrogen-bond acceptors (Lipinski definition) is 28. The topological polar surface area (TPSA) is 554 Å². The number of nitrogens with two attached hydrogens (primary N) is 4. The molecule has 16 N–H and O–H groups in total. The van der Waals surface area contributed by atoms with Crippen LogP contribution in [0.5, 0.6) is 5.75 Å². The lowest BCUT2D eigenvalue weighted by atomic mass is 10.1. The third kappa shape index (κ3) is 30.6. The van der Waals surface area contributed by atoms with Gasteiger partial charge in [0, 0.05) is 122 Å². The van der Waals surface area contributed by atoms with Crippen molar-refractivity contribution >= 4 is 118 Å². The number of amides is 8. The lowest BCUT2D eigenvalue weighted by Crippen LogP contribution is -2.18. The molecule has 0 unspecified atom stereocenters. The summed E-state index contributed by atoms with van der Waals surface area (Å²) in [6, 6.07) is 78.8. The molecule has 8 aromatic carbocycles. The molecule has 17 aromatic rings. The zero-order valence-electron chi connectivity index (χ0n) is 78.2. The number of nitrogens with zero attached hydrogens (tertiary/aromatic N) is 18. The number of imidazole rings is 1. The molecule has 708 valence electrons. The maximum absolute atomic E-state index is 12.6. The first-order valence-electron chi connectivity index (χ1n) is 43.2. The Labute approximate surface area is 804 Å². The highest BCUT2D eigenvalue weighted by Crippen LogP contribution is 2.24. The summed E-state index contributed by atoms with van der Waals surface area (Å²) in [7, 11) is 1.53. The number of aromatic nitrogens is 18. The number of aryl methyl sites for hydroxylation is 9. The highest BCUT2D eigenvalue weighted by Gasteiger charge is 2.21. The standard InChI is InChI=1S/C23H20N6O2.C20H18N4O3.2C20H18N4O2.C9H12N6.C7H8N6.C2H6/c1-15-13-16(2)29(28-15)20-14-19(24-21(30)17-9-5-3-6-10-17)25-23(26-20)27-22(31)18-11-7-4-8-12-18;1-13-11-17(22-18(25)14-7-4-3-5-8-14)23-20(21-13)24-19(26)15-9-6-10-16(12-15)27-2;1-13-7-6-10-16(11-13)19(26)22-17-12-14(2)21-20(23-17)24-18(25)15-8-4-3-5-9-15;1-13-7-6-10-16(11-13)19(26)24-20-21-14(2)12-17(23-20)22-18(25)15-8-4-3-5-9-15;1-5-3-6(2)15(14-5)8-4-7(10)12-9(11)13-8;8-5-3-6(12-7(9)11-5)13-2-1-10-4-13;1-2/h3-14H,1-2H3,(H2,24,25,26,27,30,31);3-12H,1-2H3,(H2,21,22,23,24,25,26);2*3-12H,1-2H3,(H2,21,22,23,24,25,26);3-4H,1-2H3,(H4,10,11,12,13);1-4H,(H4,8,9,11,12);1-2H3. The number of methoxy groups -OCH3 is 1. The van der Waals surface area contributed by atoms with Gasteiger partial charge in [-0.2, -0.15) is 55.1 Å². The Kier molecular flexibility index (Phi) is 35.7. The Hall–Kier alpha value is -19.4. The summed E-state index contributed by atoms with van der Waals surface area (Å²) >= 11 is 0. The Morgan fingerprint density at radius 1 is 0.279 bits per heavy atom. The number of carbonyl (C=O) groups is 8. The monoisotopic (exact) mass is 1880 g/mol. The summed E-state index contributed by atoms with van der Waals surface area (Å²) in [4.78, 5) is 153. The third-order valence-corrected chi connectivity index (χ3v) is 18.9. The molecular formula is C101H100N30O9. The van der Waals surface area contributed by atoms with Gasteiger partial charge in [0.05, 0.1) is 18.5 Å². The minimum absolute atomic E-state index is 0.0577. The first-order valence-corrected chi connectivity index (χ1v) is 43.2. The predicted molar refractivity (Wildman–Crippen MR) is 537 cm³/mol. The second-order valence-electron chi connectivity index (χ2n) is 30.2. The molecule has 0 aliphatic rings. The average molecular weight is 1880 g/mol. The van der Waals surface area contributed by atoms with Crippen LogP contribution in [0.25, 0.3) is 17.5 Å². The molecule has 0 aliphatic carbocycles. The van der Waals surface area contributed by atoms with E-state index in [0.717, 1.165) is 33.9 Å². The van der Waals surface area contributed by atoms with Crippen LogP contribution in [-0.4, -0.2) is 143 Å². The van der Waals surface area contributed by atoms with Crippen molar-refractivity contribution in [3.05, 3.63) is 387 Å². The summed E-state index contributed by atoms with van der Waals surface area (Å²) in [6.45, 7) is 20.7. The predicted octanol–water partition coefficient (Wildman–Crippen LogP) is 15.6. The Morgan fingerprint density at radius 3 is 0.893 bits per heavy atom. The Balaban J connectivity index is 0.000000163. The summed E-state index contributed by atoms with van der Waals surface area (Å²) < 4.78 is 10.1. The maximum Gasteiger partial charge on any atom is 0.258 e. The normalized spacial score (nSPS) is 10.2. The van der Waals surface area contributed by atoms with E-state index >= 15 is 0 Å². The molecule has 0 bridgehead atoms. The maximum atomic E-state index is 12.6. The number of nitrogen functional groups attached to an aromatic ring is 4. The van der Waals surface area contributed by atoms with Gasteiger partial charge in [-0.05, 0) is 178 Å². The molecular weight excluding hydrogens is 1780 g/mol. The summed E-state index contributed by atoms with van der Waals surface area (Å²) in [5, 5.41) is 30.3. The molecule has 0 spiro atoms. The zero-order valence-corrected chi connectivity index (χ0v) is 78.2. The van der Waals surface area contributed by atoms with Gasteiger partial charge in [0.25, 0.3) is 47.3 Å². The molecule has 140 heavy (non-hydrogen) atoms. The van der Waals surface area contributed by atoms with Crippen molar-refractivity contribution in [3.8, 4) is 23.2 Å². The van der Waals surface area contributed by atoms with E-state index in [4.69, 9.17) is 27.7 Å². The van der Waals surface area contributed by atoms with Crippen LogP contribution >= 0.6 is 0 Å². The molecule has 9 aromatic heterocycles. The van der Waals surface area contributed by atoms with E-state index in [1.807, 2.05) is 122 Å². The minimum Gasteiger partial charge on any atom is -0.497 e. The van der Waals surface area contributed by atoms with Gasteiger partial charge in [-0.3, -0.25) is 64.2 Å². The van der Waals surface area contributed by atoms with Gasteiger partial charge in [-0.25, -0.2) is 29.3 Å². The fourth-order valence-electron chi connectivity index (χ4n) is 12.8. The average Bonchev–Trinajstić information content (AvgIpc) is 1.60. The first-order chi connectivity index (χ1) is 67.4. The second kappa shape index (κ2) is 49.4. The molecule has 9 heterocycles. The van der Waals surface area contributed by atoms with Gasteiger partial charge in [0.2, 0.25) is 35.7 Å². The lowest BCUT2D eigenvalue weighted by Gasteiger charge is -2.11. The molecule has 0 aliphatic heterocycles. The molecule has 39 heteroatoms. The minimum atomic E-state index is -0.375. The van der Waals surface area contributed by atoms with E-state index in [1.54, 1.807) is 260 Å². The summed E-state index contributed by atoms with van der Waals surface area (Å²) in [6.07, 6.45) is 5.01. The van der Waals surface area contributed by atoms with Gasteiger partial charge in [-0.15, -0.1) is 0 Å². The number of benzene rings is 8. The molecule has 0 fully saturated rings. The van der Waals surface area contributed by atoms with Crippen molar-refractivity contribution in [2.24, 2.45) is 0 Å². The number of hydrogen-bond donors (Lipinski definition) is 12. The van der Waals surface area contributed by atoms with Gasteiger partial charge < -0.3 is 48.9 Å². The van der Waals surface area contributed by atoms with Crippen LogP contribution < -0.4 is 70.2 Å². The van der Waals surface area contributed by atoms with Crippen molar-refractivity contribution in [3.63, 3.8) is 0 Å². The van der Waals surface area contributed by atoms with E-state index < -0.39 is 0 Å². The van der Waals surface area contributed by atoms with Crippen LogP contribution in [0.15, 0.2) is 292 Å². The van der Waals surface area contributed by atoms with E-state index in [0.29, 0.717) is 114 Å². The van der Waals surface area contributed by atoms with E-state index in [1.165, 1.54) is 7.11 Å². The zero-order chi connectivity index (χ0) is 100. The fourth-order valence-corrected chi connectivity index (χ4v) is 12.8. The van der Waals surface area contributed by atoms with Crippen LogP contribution in [0.3, 0.4) is 0 Å². The number of rotatable bonds is 20. The number of carbonyl (C=O) groups excluding carboxylic acids is 8. The molecule has 0 saturated carbocycles. The Morgan fingerprint density at radius 2 is 0.571 bits per heavy atom. The summed E-state index contributed by atoms with van der Waals surface area (Å²) in [5.41, 5.74) is 33.4. The van der Waals surface area contributed by atoms with Crippen LogP contribution in [0.4, 0.5) is 70.6 Å². The van der Waals surface area contributed by atoms with Crippen LogP contribution in [0.1, 0.15) is 148 Å². The van der Waals surface area contributed by atoms with Gasteiger partial charge >= 0.3 is 0 Å². The van der Waals surface area contributed by atoms with Crippen LogP contribution in [-0.2, 0) is 0 Å². The molecule has 17 rings (SSSR count). The quantitative estimate of drug-likeness (QED) is 0.0337. The second-order valence-corrected chi connectivity index (χ2v) is 30.2. The SMILES string of the molecule is CC.COc1cccc(C(=O)Nc2nc(C)cc(NC(=O)c3ccccc3)n2)c1.Cc1cc(C)n(-c2cc(N)nc(N)n2)n1.Cc1cc(C)n(-c2cc(NC(=O)c3ccccc3)nc(NC(=O)c3ccccc3)n2)n1.Cc1cccc(C(=O)Nc2cc(C)nc(NC(=O)c3ccccc3)n2)c1.Cc1cccc(C(=O)Nc2nc(C)cc(NC(=O)c3ccccc3)n2)c1.Nc1cc(-n2ccnc2)nc(N)n1. The summed E-state index contributed by atoms with van der Waals surface area (Å²) in [5.74, 6) is 2.31. The van der Waals surface area contributed by atoms with Gasteiger partial charge in [0.15, 0.2) is 11.6 Å².